The van der Waals surface area contributed by atoms with Gasteiger partial charge >= 0.3 is 0 Å². The smallest absolute Gasteiger partial charge is 0.254 e. The van der Waals surface area contributed by atoms with Crippen molar-refractivity contribution in [2.75, 3.05) is 19.6 Å². The lowest BCUT2D eigenvalue weighted by Crippen LogP contribution is -2.49. The van der Waals surface area contributed by atoms with Crippen molar-refractivity contribution < 1.29 is 4.79 Å². The van der Waals surface area contributed by atoms with Crippen molar-refractivity contribution in [2.24, 2.45) is 0 Å². The molecule has 26 heavy (non-hydrogen) atoms. The van der Waals surface area contributed by atoms with Crippen LogP contribution in [0.2, 0.25) is 0 Å². The van der Waals surface area contributed by atoms with Gasteiger partial charge in [0.15, 0.2) is 0 Å². The number of halogens is 1. The van der Waals surface area contributed by atoms with Crippen LogP contribution in [0.5, 0.6) is 0 Å². The number of benzene rings is 2. The van der Waals surface area contributed by atoms with E-state index < -0.39 is 0 Å². The van der Waals surface area contributed by atoms with Crippen LogP contribution in [0.1, 0.15) is 45.5 Å². The molecular formula is C22H27ClN2O. The summed E-state index contributed by atoms with van der Waals surface area (Å²) >= 11 is 0. The zero-order valence-corrected chi connectivity index (χ0v) is 16.3. The molecule has 2 heterocycles. The van der Waals surface area contributed by atoms with E-state index in [-0.39, 0.29) is 24.4 Å². The summed E-state index contributed by atoms with van der Waals surface area (Å²) in [5, 5.41) is 3.52. The first-order valence-electron chi connectivity index (χ1n) is 9.38. The van der Waals surface area contributed by atoms with Gasteiger partial charge in [0, 0.05) is 31.1 Å². The average Bonchev–Trinajstić information content (AvgIpc) is 3.11. The highest BCUT2D eigenvalue weighted by molar-refractivity contribution is 5.99. The van der Waals surface area contributed by atoms with Crippen LogP contribution >= 0.6 is 12.4 Å². The molecule has 1 fully saturated rings. The molecule has 2 aliphatic rings. The first kappa shape index (κ1) is 18.9. The fraction of sp³-hybridized carbons (Fsp3) is 0.409. The molecule has 1 N–H and O–H groups in total. The van der Waals surface area contributed by atoms with Gasteiger partial charge in [0.1, 0.15) is 0 Å². The van der Waals surface area contributed by atoms with Crippen molar-refractivity contribution in [3.63, 3.8) is 0 Å². The molecule has 0 unspecified atom stereocenters. The van der Waals surface area contributed by atoms with Crippen LogP contribution < -0.4 is 5.32 Å². The van der Waals surface area contributed by atoms with E-state index in [1.807, 2.05) is 6.07 Å². The number of hydrogen-bond acceptors (Lipinski definition) is 2. The molecule has 2 atom stereocenters. The minimum absolute atomic E-state index is 0. The Morgan fingerprint density at radius 2 is 1.88 bits per heavy atom. The minimum atomic E-state index is 0. The van der Waals surface area contributed by atoms with Crippen molar-refractivity contribution in [2.45, 2.75) is 38.6 Å². The van der Waals surface area contributed by atoms with Crippen molar-refractivity contribution in [3.05, 3.63) is 70.3 Å². The molecule has 2 aromatic carbocycles. The zero-order chi connectivity index (χ0) is 17.4. The van der Waals surface area contributed by atoms with Crippen LogP contribution in [0.4, 0.5) is 0 Å². The molecule has 2 aromatic rings. The van der Waals surface area contributed by atoms with Gasteiger partial charge < -0.3 is 10.2 Å². The van der Waals surface area contributed by atoms with Crippen LogP contribution in [0.25, 0.3) is 0 Å². The van der Waals surface area contributed by atoms with E-state index in [0.717, 1.165) is 43.6 Å². The predicted octanol–water partition coefficient (Wildman–Crippen LogP) is 3.73. The highest BCUT2D eigenvalue weighted by atomic mass is 35.5. The summed E-state index contributed by atoms with van der Waals surface area (Å²) in [4.78, 5) is 15.4. The number of aryl methyl sites for hydroxylation is 2. The second kappa shape index (κ2) is 7.81. The number of carbonyl (C=O) groups excluding carboxylic acids is 1. The first-order valence-corrected chi connectivity index (χ1v) is 9.38. The zero-order valence-electron chi connectivity index (χ0n) is 15.5. The molecule has 4 rings (SSSR count). The molecule has 0 spiro atoms. The third-order valence-electron chi connectivity index (χ3n) is 5.77. The Bertz CT molecular complexity index is 790. The number of fused-ring (bicyclic) bond motifs is 3. The minimum Gasteiger partial charge on any atom is -0.333 e. The molecule has 1 amide bonds. The number of carbonyl (C=O) groups is 1. The molecule has 0 radical (unpaired) electrons. The largest absolute Gasteiger partial charge is 0.333 e. The van der Waals surface area contributed by atoms with E-state index in [4.69, 9.17) is 0 Å². The van der Waals surface area contributed by atoms with Crippen LogP contribution in [-0.4, -0.2) is 36.5 Å². The molecule has 1 saturated heterocycles. The maximum absolute atomic E-state index is 13.3. The Morgan fingerprint density at radius 1 is 1.12 bits per heavy atom. The molecule has 2 aliphatic heterocycles. The Hall–Kier alpha value is -1.84. The average molecular weight is 371 g/mol. The number of hydrogen-bond donors (Lipinski definition) is 1. The lowest BCUT2D eigenvalue weighted by atomic mass is 9.81. The number of nitrogens with one attached hydrogen (secondary N) is 1. The molecule has 3 nitrogen and oxygen atoms in total. The topological polar surface area (TPSA) is 32.3 Å². The fourth-order valence-electron chi connectivity index (χ4n) is 4.45. The summed E-state index contributed by atoms with van der Waals surface area (Å²) < 4.78 is 0. The maximum atomic E-state index is 13.3. The van der Waals surface area contributed by atoms with Crippen LogP contribution in [-0.2, 0) is 12.8 Å². The molecular weight excluding hydrogens is 344 g/mol. The highest BCUT2D eigenvalue weighted by Gasteiger charge is 2.42. The summed E-state index contributed by atoms with van der Waals surface area (Å²) in [6.07, 6.45) is 1.93. The second-order valence-electron chi connectivity index (χ2n) is 7.30. The monoisotopic (exact) mass is 370 g/mol. The Morgan fingerprint density at radius 3 is 2.62 bits per heavy atom. The van der Waals surface area contributed by atoms with E-state index in [1.165, 1.54) is 16.7 Å². The number of rotatable bonds is 4. The summed E-state index contributed by atoms with van der Waals surface area (Å²) in [5.74, 6) is 0.643. The molecule has 4 heteroatoms. The van der Waals surface area contributed by atoms with Gasteiger partial charge in [-0.3, -0.25) is 4.79 Å². The van der Waals surface area contributed by atoms with Gasteiger partial charge in [-0.1, -0.05) is 49.4 Å². The predicted molar refractivity (Wildman–Crippen MR) is 108 cm³/mol. The van der Waals surface area contributed by atoms with E-state index >= 15 is 0 Å². The Labute approximate surface area is 162 Å². The van der Waals surface area contributed by atoms with Crippen LogP contribution in [0.15, 0.2) is 42.5 Å². The number of amides is 1. The highest BCUT2D eigenvalue weighted by Crippen LogP contribution is 2.37. The van der Waals surface area contributed by atoms with Gasteiger partial charge in [-0.05, 0) is 42.0 Å². The summed E-state index contributed by atoms with van der Waals surface area (Å²) in [6.45, 7) is 6.94. The second-order valence-corrected chi connectivity index (χ2v) is 7.30. The van der Waals surface area contributed by atoms with Crippen molar-refractivity contribution in [1.29, 1.82) is 0 Å². The summed E-state index contributed by atoms with van der Waals surface area (Å²) in [7, 11) is 0. The first-order chi connectivity index (χ1) is 12.2. The quantitative estimate of drug-likeness (QED) is 0.889. The van der Waals surface area contributed by atoms with Crippen LogP contribution in [0.3, 0.4) is 0 Å². The van der Waals surface area contributed by atoms with E-state index in [1.54, 1.807) is 0 Å². The normalized spacial score (nSPS) is 21.2. The van der Waals surface area contributed by atoms with Crippen molar-refractivity contribution in [1.82, 2.24) is 10.2 Å². The van der Waals surface area contributed by atoms with Crippen LogP contribution in [0, 0.1) is 6.92 Å². The Balaban J connectivity index is 0.00000196. The summed E-state index contributed by atoms with van der Waals surface area (Å²) in [6, 6.07) is 15.2. The van der Waals surface area contributed by atoms with E-state index in [9.17, 15) is 4.79 Å². The Kier molecular flexibility index (Phi) is 5.69. The van der Waals surface area contributed by atoms with Crippen molar-refractivity contribution >= 4 is 18.3 Å². The lowest BCUT2D eigenvalue weighted by Gasteiger charge is -2.39. The molecule has 0 saturated carbocycles. The van der Waals surface area contributed by atoms with Gasteiger partial charge in [-0.25, -0.2) is 0 Å². The molecule has 0 aromatic heterocycles. The van der Waals surface area contributed by atoms with Gasteiger partial charge in [0.05, 0.1) is 6.04 Å². The molecule has 0 bridgehead atoms. The SMILES string of the molecule is CCc1cc(C)c2c(c1)[C@H]1CNC[C@@H]1N(CCc1ccccc1)C2=O.Cl. The molecule has 0 aliphatic carbocycles. The number of nitrogens with zero attached hydrogens (tertiary/aromatic N) is 1. The maximum Gasteiger partial charge on any atom is 0.254 e. The lowest BCUT2D eigenvalue weighted by molar-refractivity contribution is 0.0650. The standard InChI is InChI=1S/C22H26N2O.ClH/c1-3-16-11-15(2)21-18(12-16)19-13-23-14-20(19)24(22(21)25)10-9-17-7-5-4-6-8-17;/h4-8,11-12,19-20,23H,3,9-10,13-14H2,1-2H3;1H/t19-,20+;/m1./s1. The fourth-order valence-corrected chi connectivity index (χ4v) is 4.45. The molecule has 138 valence electrons. The van der Waals surface area contributed by atoms with E-state index in [0.29, 0.717) is 5.92 Å². The van der Waals surface area contributed by atoms with Gasteiger partial charge in [-0.15, -0.1) is 12.4 Å². The summed E-state index contributed by atoms with van der Waals surface area (Å²) in [5.41, 5.74) is 5.99. The van der Waals surface area contributed by atoms with Crippen molar-refractivity contribution in [3.8, 4) is 0 Å². The van der Waals surface area contributed by atoms with Gasteiger partial charge in [0.25, 0.3) is 5.91 Å². The third kappa shape index (κ3) is 3.26. The third-order valence-corrected chi connectivity index (χ3v) is 5.77. The van der Waals surface area contributed by atoms with Gasteiger partial charge in [0.2, 0.25) is 0 Å². The van der Waals surface area contributed by atoms with E-state index in [2.05, 4.69) is 60.5 Å². The van der Waals surface area contributed by atoms with Gasteiger partial charge in [-0.2, -0.15) is 0 Å².